The third-order valence-corrected chi connectivity index (χ3v) is 4.59. The summed E-state index contributed by atoms with van der Waals surface area (Å²) in [5, 5.41) is 3.27. The Morgan fingerprint density at radius 1 is 1.38 bits per heavy atom. The third kappa shape index (κ3) is 4.13. The molecule has 2 rings (SSSR count). The van der Waals surface area contributed by atoms with Gasteiger partial charge in [0.2, 0.25) is 10.0 Å². The van der Waals surface area contributed by atoms with Crippen molar-refractivity contribution in [2.24, 2.45) is 0 Å². The van der Waals surface area contributed by atoms with Crippen LogP contribution in [0.1, 0.15) is 31.1 Å². The fourth-order valence-electron chi connectivity index (χ4n) is 2.01. The lowest BCUT2D eigenvalue weighted by Crippen LogP contribution is -2.24. The smallest absolute Gasteiger partial charge is 0.240 e. The van der Waals surface area contributed by atoms with Crippen LogP contribution in [0.15, 0.2) is 41.7 Å². The minimum atomic E-state index is -3.53. The van der Waals surface area contributed by atoms with Gasteiger partial charge >= 0.3 is 0 Å². The van der Waals surface area contributed by atoms with E-state index >= 15 is 0 Å². The van der Waals surface area contributed by atoms with Crippen LogP contribution in [0.2, 0.25) is 0 Å². The second kappa shape index (κ2) is 6.84. The molecule has 0 aliphatic heterocycles. The van der Waals surface area contributed by atoms with Gasteiger partial charge in [0.1, 0.15) is 0 Å². The Kier molecular flexibility index (Phi) is 5.11. The fraction of sp³-hybridized carbons (Fsp3) is 0.357. The van der Waals surface area contributed by atoms with Gasteiger partial charge in [0, 0.05) is 17.9 Å². The molecule has 0 fully saturated rings. The average Bonchev–Trinajstić information content (AvgIpc) is 2.99. The van der Waals surface area contributed by atoms with Crippen molar-refractivity contribution in [3.8, 4) is 0 Å². The second-order valence-electron chi connectivity index (χ2n) is 4.75. The van der Waals surface area contributed by atoms with Crippen LogP contribution >= 0.6 is 0 Å². The van der Waals surface area contributed by atoms with Crippen LogP contribution in [0, 0.1) is 0 Å². The molecule has 0 bridgehead atoms. The van der Waals surface area contributed by atoms with Gasteiger partial charge in [-0.05, 0) is 31.2 Å². The van der Waals surface area contributed by atoms with Crippen LogP contribution in [0.4, 0.5) is 0 Å². The predicted molar refractivity (Wildman–Crippen MR) is 81.1 cm³/mol. The highest BCUT2D eigenvalue weighted by atomic mass is 32.2. The van der Waals surface area contributed by atoms with Crippen molar-refractivity contribution in [1.82, 2.24) is 20.0 Å². The fourth-order valence-corrected chi connectivity index (χ4v) is 3.07. The zero-order valence-corrected chi connectivity index (χ0v) is 12.9. The molecule has 0 radical (unpaired) electrons. The summed E-state index contributed by atoms with van der Waals surface area (Å²) < 4.78 is 27.1. The van der Waals surface area contributed by atoms with E-state index in [4.69, 9.17) is 0 Å². The lowest BCUT2D eigenvalue weighted by molar-refractivity contribution is 0.578. The maximum absolute atomic E-state index is 12.3. The molecule has 0 spiro atoms. The Morgan fingerprint density at radius 3 is 2.86 bits per heavy atom. The summed E-state index contributed by atoms with van der Waals surface area (Å²) in [4.78, 5) is 6.98. The highest BCUT2D eigenvalue weighted by Crippen LogP contribution is 2.17. The van der Waals surface area contributed by atoms with Crippen molar-refractivity contribution in [2.75, 3.05) is 6.54 Å². The van der Waals surface area contributed by atoms with Gasteiger partial charge in [0.25, 0.3) is 0 Å². The monoisotopic (exact) mass is 308 g/mol. The third-order valence-electron chi connectivity index (χ3n) is 3.19. The summed E-state index contributed by atoms with van der Waals surface area (Å²) in [5.41, 5.74) is 1.66. The van der Waals surface area contributed by atoms with E-state index in [-0.39, 0.29) is 17.5 Å². The molecule has 7 heteroatoms. The van der Waals surface area contributed by atoms with Crippen LogP contribution < -0.4 is 10.0 Å². The molecule has 2 aromatic rings. The number of hydrogen-bond donors (Lipinski definition) is 3. The first-order valence-electron chi connectivity index (χ1n) is 6.83. The quantitative estimate of drug-likeness (QED) is 0.724. The first-order chi connectivity index (χ1) is 10.0. The molecule has 1 unspecified atom stereocenters. The Morgan fingerprint density at radius 2 is 2.19 bits per heavy atom. The molecule has 0 aliphatic rings. The van der Waals surface area contributed by atoms with Gasteiger partial charge in [0.15, 0.2) is 0 Å². The molecule has 0 aliphatic carbocycles. The summed E-state index contributed by atoms with van der Waals surface area (Å²) in [6.07, 6.45) is 3.11. The molecule has 21 heavy (non-hydrogen) atoms. The zero-order valence-electron chi connectivity index (χ0n) is 12.1. The maximum Gasteiger partial charge on any atom is 0.240 e. The van der Waals surface area contributed by atoms with E-state index in [2.05, 4.69) is 20.0 Å². The van der Waals surface area contributed by atoms with E-state index in [1.54, 1.807) is 24.4 Å². The molecule has 0 saturated carbocycles. The number of nitrogens with one attached hydrogen (secondary N) is 3. The topological polar surface area (TPSA) is 86.9 Å². The van der Waals surface area contributed by atoms with E-state index in [1.165, 1.54) is 6.33 Å². The molecule has 1 aromatic heterocycles. The van der Waals surface area contributed by atoms with Crippen molar-refractivity contribution in [1.29, 1.82) is 0 Å². The number of H-pyrrole nitrogens is 1. The van der Waals surface area contributed by atoms with Gasteiger partial charge in [-0.2, -0.15) is 0 Å². The average molecular weight is 308 g/mol. The Hall–Kier alpha value is -1.70. The van der Waals surface area contributed by atoms with Crippen LogP contribution in [-0.2, 0) is 16.6 Å². The number of aromatic nitrogens is 2. The van der Waals surface area contributed by atoms with E-state index in [1.807, 2.05) is 19.9 Å². The summed E-state index contributed by atoms with van der Waals surface area (Å²) in [6.45, 7) is 5.04. The number of benzene rings is 1. The van der Waals surface area contributed by atoms with Crippen LogP contribution in [0.5, 0.6) is 0 Å². The summed E-state index contributed by atoms with van der Waals surface area (Å²) in [6, 6.07) is 7.08. The van der Waals surface area contributed by atoms with Gasteiger partial charge in [-0.15, -0.1) is 0 Å². The molecule has 6 nitrogen and oxygen atoms in total. The number of rotatable bonds is 7. The lowest BCUT2D eigenvalue weighted by Gasteiger charge is -2.14. The minimum absolute atomic E-state index is 0.109. The highest BCUT2D eigenvalue weighted by Gasteiger charge is 2.15. The Labute approximate surface area is 125 Å². The highest BCUT2D eigenvalue weighted by molar-refractivity contribution is 7.89. The van der Waals surface area contributed by atoms with Gasteiger partial charge in [0.05, 0.1) is 17.8 Å². The number of sulfonamides is 1. The van der Waals surface area contributed by atoms with E-state index in [0.717, 1.165) is 17.8 Å². The number of hydrogen-bond acceptors (Lipinski definition) is 4. The van der Waals surface area contributed by atoms with Crippen molar-refractivity contribution in [3.05, 3.63) is 48.0 Å². The first kappa shape index (κ1) is 15.7. The number of nitrogens with zero attached hydrogens (tertiary/aromatic N) is 1. The molecule has 1 aromatic carbocycles. The summed E-state index contributed by atoms with van der Waals surface area (Å²) in [5.74, 6) is 0. The van der Waals surface area contributed by atoms with Gasteiger partial charge in [-0.1, -0.05) is 19.1 Å². The number of aromatic amines is 1. The normalized spacial score (nSPS) is 13.2. The van der Waals surface area contributed by atoms with E-state index in [9.17, 15) is 8.42 Å². The van der Waals surface area contributed by atoms with E-state index in [0.29, 0.717) is 0 Å². The van der Waals surface area contributed by atoms with Crippen molar-refractivity contribution >= 4 is 10.0 Å². The zero-order chi connectivity index (χ0) is 15.3. The molecule has 1 heterocycles. The van der Waals surface area contributed by atoms with Crippen molar-refractivity contribution in [3.63, 3.8) is 0 Å². The van der Waals surface area contributed by atoms with Gasteiger partial charge < -0.3 is 10.3 Å². The molecule has 114 valence electrons. The molecule has 1 atom stereocenters. The van der Waals surface area contributed by atoms with Crippen LogP contribution in [-0.4, -0.2) is 24.9 Å². The van der Waals surface area contributed by atoms with Crippen LogP contribution in [0.25, 0.3) is 0 Å². The number of imidazole rings is 1. The Bertz CT molecular complexity index is 668. The second-order valence-corrected chi connectivity index (χ2v) is 6.52. The largest absolute Gasteiger partial charge is 0.347 e. The minimum Gasteiger partial charge on any atom is -0.347 e. The summed E-state index contributed by atoms with van der Waals surface area (Å²) in [7, 11) is -3.53. The standard InChI is InChI=1S/C14H20N4O2S/c1-3-16-11(2)12-5-4-6-14(7-12)21(19,20)18-9-13-8-15-10-17-13/h4-8,10-11,16,18H,3,9H2,1-2H3,(H,15,17). The first-order valence-corrected chi connectivity index (χ1v) is 8.31. The molecule has 3 N–H and O–H groups in total. The molecular formula is C14H20N4O2S. The molecule has 0 saturated heterocycles. The predicted octanol–water partition coefficient (Wildman–Crippen LogP) is 1.56. The molecular weight excluding hydrogens is 288 g/mol. The Balaban J connectivity index is 2.14. The lowest BCUT2D eigenvalue weighted by atomic mass is 10.1. The van der Waals surface area contributed by atoms with Gasteiger partial charge in [-0.3, -0.25) is 0 Å². The van der Waals surface area contributed by atoms with Crippen molar-refractivity contribution in [2.45, 2.75) is 31.3 Å². The van der Waals surface area contributed by atoms with Gasteiger partial charge in [-0.25, -0.2) is 18.1 Å². The summed E-state index contributed by atoms with van der Waals surface area (Å²) >= 11 is 0. The van der Waals surface area contributed by atoms with Crippen LogP contribution in [0.3, 0.4) is 0 Å². The van der Waals surface area contributed by atoms with E-state index < -0.39 is 10.0 Å². The molecule has 0 amide bonds. The SMILES string of the molecule is CCNC(C)c1cccc(S(=O)(=O)NCc2cnc[nH]2)c1. The van der Waals surface area contributed by atoms with Crippen molar-refractivity contribution < 1.29 is 8.42 Å². The maximum atomic E-state index is 12.3.